The summed E-state index contributed by atoms with van der Waals surface area (Å²) in [6.45, 7) is 7.03. The van der Waals surface area contributed by atoms with Crippen LogP contribution in [0.1, 0.15) is 35.9 Å². The van der Waals surface area contributed by atoms with Crippen molar-refractivity contribution in [2.24, 2.45) is 0 Å². The molecule has 2 rings (SSSR count). The Morgan fingerprint density at radius 3 is 2.17 bits per heavy atom. The van der Waals surface area contributed by atoms with Crippen LogP contribution in [0.3, 0.4) is 0 Å². The fraction of sp³-hybridized carbons (Fsp3) is 0.350. The third kappa shape index (κ3) is 4.83. The molecule has 0 fully saturated rings. The van der Waals surface area contributed by atoms with E-state index in [-0.39, 0.29) is 12.1 Å². The smallest absolute Gasteiger partial charge is 0.338 e. The number of carbonyl (C=O) groups excluding carboxylic acids is 1. The number of nitrogens with zero attached hydrogens (tertiary/aromatic N) is 1. The molecule has 24 heavy (non-hydrogen) atoms. The summed E-state index contributed by atoms with van der Waals surface area (Å²) in [4.78, 5) is 12.5. The zero-order valence-electron chi connectivity index (χ0n) is 14.5. The molecule has 1 atom stereocenters. The molecule has 0 saturated heterocycles. The first-order chi connectivity index (χ1) is 11.5. The average molecular weight is 347 g/mol. The third-order valence-corrected chi connectivity index (χ3v) is 4.89. The lowest BCUT2D eigenvalue weighted by Gasteiger charge is -2.35. The molecule has 1 unspecified atom stereocenters. The first kappa shape index (κ1) is 18.5. The molecule has 0 aliphatic rings. The average Bonchev–Trinajstić information content (AvgIpc) is 2.62. The number of likely N-dealkylation sites (N-methyl/N-ethyl adjacent to an activating group) is 1. The summed E-state index contributed by atoms with van der Waals surface area (Å²) < 4.78 is 6.70. The molecule has 2 aromatic rings. The zero-order chi connectivity index (χ0) is 17.6. The lowest BCUT2D eigenvalue weighted by atomic mass is 10.1. The minimum atomic E-state index is -0.320. The number of carbonyl (C=O) groups is 1. The maximum atomic E-state index is 12.5. The molecule has 0 amide bonds. The molecule has 0 bridgehead atoms. The molecule has 2 aromatic carbocycles. The van der Waals surface area contributed by atoms with Crippen LogP contribution in [0.5, 0.6) is 0 Å². The number of quaternary nitrogens is 1. The van der Waals surface area contributed by atoms with Gasteiger partial charge in [-0.05, 0) is 43.7 Å². The predicted octanol–water partition coefficient (Wildman–Crippen LogP) is 4.72. The van der Waals surface area contributed by atoms with Crippen LogP contribution in [-0.2, 0) is 4.74 Å². The molecular weight excluding hydrogens is 322 g/mol. The van der Waals surface area contributed by atoms with E-state index in [9.17, 15) is 4.79 Å². The Hall–Kier alpha value is -1.84. The van der Waals surface area contributed by atoms with Gasteiger partial charge in [0.2, 0.25) is 0 Å². The Balaban J connectivity index is 2.22. The molecule has 128 valence electrons. The lowest BCUT2D eigenvalue weighted by molar-refractivity contribution is -0.909. The second-order valence-corrected chi connectivity index (χ2v) is 6.68. The van der Waals surface area contributed by atoms with Crippen molar-refractivity contribution in [3.8, 4) is 0 Å². The van der Waals surface area contributed by atoms with Gasteiger partial charge >= 0.3 is 5.97 Å². The summed E-state index contributed by atoms with van der Waals surface area (Å²) >= 11 is 5.89. The number of ether oxygens (including phenoxy) is 1. The van der Waals surface area contributed by atoms with Crippen molar-refractivity contribution < 1.29 is 14.0 Å². The van der Waals surface area contributed by atoms with Gasteiger partial charge in [0.1, 0.15) is 6.54 Å². The minimum Gasteiger partial charge on any atom is -0.448 e. The summed E-state index contributed by atoms with van der Waals surface area (Å²) in [7, 11) is 2.19. The number of benzene rings is 2. The van der Waals surface area contributed by atoms with Gasteiger partial charge in [-0.15, -0.1) is 0 Å². The zero-order valence-corrected chi connectivity index (χ0v) is 15.3. The van der Waals surface area contributed by atoms with Gasteiger partial charge in [0.15, 0.2) is 6.10 Å². The van der Waals surface area contributed by atoms with E-state index < -0.39 is 0 Å². The van der Waals surface area contributed by atoms with Crippen LogP contribution < -0.4 is 0 Å². The Morgan fingerprint density at radius 1 is 1.04 bits per heavy atom. The molecule has 0 aliphatic heterocycles. The summed E-state index contributed by atoms with van der Waals surface area (Å²) in [5.41, 5.74) is 1.54. The molecule has 0 N–H and O–H groups in total. The van der Waals surface area contributed by atoms with Gasteiger partial charge < -0.3 is 9.22 Å². The van der Waals surface area contributed by atoms with Gasteiger partial charge in [-0.1, -0.05) is 41.9 Å². The van der Waals surface area contributed by atoms with E-state index in [2.05, 4.69) is 20.9 Å². The molecule has 3 nitrogen and oxygen atoms in total. The van der Waals surface area contributed by atoms with Crippen molar-refractivity contribution in [2.45, 2.75) is 20.0 Å². The molecular formula is C20H25ClNO2+. The molecule has 0 aliphatic carbocycles. The van der Waals surface area contributed by atoms with E-state index in [1.54, 1.807) is 24.3 Å². The van der Waals surface area contributed by atoms with Crippen LogP contribution in [0.25, 0.3) is 0 Å². The number of halogens is 1. The first-order valence-electron chi connectivity index (χ1n) is 8.32. The quantitative estimate of drug-likeness (QED) is 0.535. The van der Waals surface area contributed by atoms with Gasteiger partial charge in [0.05, 0.1) is 25.7 Å². The molecule has 4 heteroatoms. The van der Waals surface area contributed by atoms with E-state index in [1.807, 2.05) is 30.3 Å². The Kier molecular flexibility index (Phi) is 6.41. The summed E-state index contributed by atoms with van der Waals surface area (Å²) in [6, 6.07) is 16.7. The Morgan fingerprint density at radius 2 is 1.62 bits per heavy atom. The SMILES string of the molecule is CC[N+](C)(CC)CC(OC(=O)c1ccc(Cl)cc1)c1ccccc1. The molecule has 0 heterocycles. The predicted molar refractivity (Wildman–Crippen MR) is 98.2 cm³/mol. The van der Waals surface area contributed by atoms with Crippen molar-refractivity contribution in [3.63, 3.8) is 0 Å². The maximum Gasteiger partial charge on any atom is 0.338 e. The molecule has 0 saturated carbocycles. The molecule has 0 spiro atoms. The van der Waals surface area contributed by atoms with Crippen molar-refractivity contribution >= 4 is 17.6 Å². The highest BCUT2D eigenvalue weighted by atomic mass is 35.5. The van der Waals surface area contributed by atoms with E-state index in [0.717, 1.165) is 29.7 Å². The van der Waals surface area contributed by atoms with Gasteiger partial charge in [0.25, 0.3) is 0 Å². The number of rotatable bonds is 7. The fourth-order valence-electron chi connectivity index (χ4n) is 2.54. The largest absolute Gasteiger partial charge is 0.448 e. The highest BCUT2D eigenvalue weighted by Crippen LogP contribution is 2.23. The van der Waals surface area contributed by atoms with E-state index in [1.165, 1.54) is 0 Å². The van der Waals surface area contributed by atoms with E-state index in [0.29, 0.717) is 10.6 Å². The number of hydrogen-bond acceptors (Lipinski definition) is 2. The third-order valence-electron chi connectivity index (χ3n) is 4.63. The molecule has 0 aromatic heterocycles. The van der Waals surface area contributed by atoms with Gasteiger partial charge in [-0.25, -0.2) is 4.79 Å². The standard InChI is InChI=1S/C20H25ClNO2/c1-4-22(3,5-2)15-19(16-9-7-6-8-10-16)24-20(23)17-11-13-18(21)14-12-17/h6-14,19H,4-5,15H2,1-3H3/q+1. The number of hydrogen-bond donors (Lipinski definition) is 0. The first-order valence-corrected chi connectivity index (χ1v) is 8.70. The second-order valence-electron chi connectivity index (χ2n) is 6.25. The van der Waals surface area contributed by atoms with Crippen molar-refractivity contribution in [1.82, 2.24) is 0 Å². The van der Waals surface area contributed by atoms with E-state index in [4.69, 9.17) is 16.3 Å². The van der Waals surface area contributed by atoms with Gasteiger partial charge in [-0.2, -0.15) is 0 Å². The summed E-state index contributed by atoms with van der Waals surface area (Å²) in [6.07, 6.45) is -0.278. The van der Waals surface area contributed by atoms with Crippen molar-refractivity contribution in [1.29, 1.82) is 0 Å². The second kappa shape index (κ2) is 8.32. The monoisotopic (exact) mass is 346 g/mol. The van der Waals surface area contributed by atoms with Crippen molar-refractivity contribution in [2.75, 3.05) is 26.7 Å². The van der Waals surface area contributed by atoms with Crippen LogP contribution in [0.2, 0.25) is 5.02 Å². The molecule has 0 radical (unpaired) electrons. The Labute approximate surface area is 149 Å². The topological polar surface area (TPSA) is 26.3 Å². The summed E-state index contributed by atoms with van der Waals surface area (Å²) in [5.74, 6) is -0.320. The van der Waals surface area contributed by atoms with Crippen molar-refractivity contribution in [3.05, 3.63) is 70.7 Å². The Bertz CT molecular complexity index is 651. The number of esters is 1. The van der Waals surface area contributed by atoms with Crippen LogP contribution in [0.15, 0.2) is 54.6 Å². The van der Waals surface area contributed by atoms with Gasteiger partial charge in [0, 0.05) is 5.02 Å². The van der Waals surface area contributed by atoms with Crippen LogP contribution in [0.4, 0.5) is 0 Å². The van der Waals surface area contributed by atoms with Crippen LogP contribution in [-0.4, -0.2) is 37.1 Å². The van der Waals surface area contributed by atoms with Gasteiger partial charge in [-0.3, -0.25) is 0 Å². The van der Waals surface area contributed by atoms with Crippen LogP contribution in [0, 0.1) is 0 Å². The highest BCUT2D eigenvalue weighted by Gasteiger charge is 2.27. The van der Waals surface area contributed by atoms with E-state index >= 15 is 0 Å². The minimum absolute atomic E-state index is 0.278. The fourth-order valence-corrected chi connectivity index (χ4v) is 2.67. The maximum absolute atomic E-state index is 12.5. The highest BCUT2D eigenvalue weighted by molar-refractivity contribution is 6.30. The summed E-state index contributed by atoms with van der Waals surface area (Å²) in [5, 5.41) is 0.604. The normalized spacial score (nSPS) is 12.7. The lowest BCUT2D eigenvalue weighted by Crippen LogP contribution is -2.47. The van der Waals surface area contributed by atoms with Crippen LogP contribution >= 0.6 is 11.6 Å².